The van der Waals surface area contributed by atoms with E-state index in [9.17, 15) is 9.59 Å². The van der Waals surface area contributed by atoms with Crippen molar-refractivity contribution >= 4 is 17.7 Å². The molecule has 1 heterocycles. The third kappa shape index (κ3) is 5.06. The number of rotatable bonds is 7. The molecule has 1 aliphatic carbocycles. The van der Waals surface area contributed by atoms with Crippen LogP contribution in [0.1, 0.15) is 43.0 Å². The Kier molecular flexibility index (Phi) is 7.15. The van der Waals surface area contributed by atoms with E-state index in [1.54, 1.807) is 49.0 Å². The van der Waals surface area contributed by atoms with Crippen molar-refractivity contribution < 1.29 is 19.1 Å². The first-order valence-electron chi connectivity index (χ1n) is 11.6. The van der Waals surface area contributed by atoms with Gasteiger partial charge < -0.3 is 20.5 Å². The van der Waals surface area contributed by atoms with E-state index in [1.807, 2.05) is 24.3 Å². The molecule has 0 saturated heterocycles. The van der Waals surface area contributed by atoms with Crippen LogP contribution in [0.4, 0.5) is 5.82 Å². The monoisotopic (exact) mass is 462 g/mol. The molecule has 0 radical (unpaired) electrons. The van der Waals surface area contributed by atoms with E-state index < -0.39 is 0 Å². The van der Waals surface area contributed by atoms with Crippen molar-refractivity contribution in [3.63, 3.8) is 0 Å². The molecule has 8 nitrogen and oxygen atoms in total. The molecule has 1 amide bonds. The number of hydrogen-bond donors (Lipinski definition) is 2. The maximum Gasteiger partial charge on any atom is 0.311 e. The van der Waals surface area contributed by atoms with Crippen molar-refractivity contribution in [3.05, 3.63) is 60.2 Å². The number of nitrogens with zero attached hydrogens (tertiary/aromatic N) is 2. The summed E-state index contributed by atoms with van der Waals surface area (Å²) in [5.41, 5.74) is 9.13. The van der Waals surface area contributed by atoms with E-state index in [0.29, 0.717) is 18.0 Å². The van der Waals surface area contributed by atoms with E-state index in [0.717, 1.165) is 48.4 Å². The SMILES string of the molecule is CCOC(=O)[C@@H]1CCCC[C@@H]1NC(=O)c1ccc(-n2nc(-c3ccc(OC)cc3)cc2N)cc1. The molecule has 0 unspecified atom stereocenters. The summed E-state index contributed by atoms with van der Waals surface area (Å²) >= 11 is 0. The number of carbonyl (C=O) groups is 2. The number of carbonyl (C=O) groups excluding carboxylic acids is 2. The van der Waals surface area contributed by atoms with Crippen LogP contribution in [-0.2, 0) is 9.53 Å². The topological polar surface area (TPSA) is 108 Å². The Balaban J connectivity index is 1.47. The van der Waals surface area contributed by atoms with Gasteiger partial charge in [-0.3, -0.25) is 9.59 Å². The summed E-state index contributed by atoms with van der Waals surface area (Å²) in [6.07, 6.45) is 3.45. The van der Waals surface area contributed by atoms with E-state index in [2.05, 4.69) is 10.4 Å². The van der Waals surface area contributed by atoms with Crippen LogP contribution in [0.15, 0.2) is 54.6 Å². The largest absolute Gasteiger partial charge is 0.497 e. The molecule has 0 bridgehead atoms. The van der Waals surface area contributed by atoms with Gasteiger partial charge in [-0.1, -0.05) is 12.8 Å². The molecule has 1 saturated carbocycles. The van der Waals surface area contributed by atoms with Gasteiger partial charge in [0.1, 0.15) is 11.6 Å². The standard InChI is InChI=1S/C26H30N4O4/c1-3-34-26(32)21-6-4-5-7-22(21)28-25(31)18-8-12-19(13-9-18)30-24(27)16-23(29-30)17-10-14-20(33-2)15-11-17/h8-16,21-22H,3-7,27H2,1-2H3,(H,28,31)/t21-,22+/m1/s1. The third-order valence-electron chi connectivity index (χ3n) is 6.17. The molecule has 1 aliphatic rings. The Hall–Kier alpha value is -3.81. The zero-order valence-corrected chi connectivity index (χ0v) is 19.5. The van der Waals surface area contributed by atoms with Crippen molar-refractivity contribution in [1.29, 1.82) is 0 Å². The molecule has 2 atom stereocenters. The molecule has 3 aromatic rings. The first kappa shape index (κ1) is 23.4. The second-order valence-corrected chi connectivity index (χ2v) is 8.36. The summed E-state index contributed by atoms with van der Waals surface area (Å²) in [5, 5.41) is 7.65. The molecule has 8 heteroatoms. The average Bonchev–Trinajstić information content (AvgIpc) is 3.26. The number of hydrogen-bond acceptors (Lipinski definition) is 6. The molecule has 34 heavy (non-hydrogen) atoms. The maximum atomic E-state index is 12.9. The molecule has 1 aromatic heterocycles. The van der Waals surface area contributed by atoms with E-state index in [-0.39, 0.29) is 23.8 Å². The zero-order valence-electron chi connectivity index (χ0n) is 19.5. The van der Waals surface area contributed by atoms with Crippen LogP contribution < -0.4 is 15.8 Å². The van der Waals surface area contributed by atoms with Gasteiger partial charge in [-0.15, -0.1) is 0 Å². The van der Waals surface area contributed by atoms with Gasteiger partial charge in [-0.05, 0) is 68.3 Å². The summed E-state index contributed by atoms with van der Waals surface area (Å²) in [6.45, 7) is 2.14. The summed E-state index contributed by atoms with van der Waals surface area (Å²) in [4.78, 5) is 25.2. The van der Waals surface area contributed by atoms with Crippen LogP contribution in [-0.4, -0.2) is 41.4 Å². The predicted molar refractivity (Wildman–Crippen MR) is 130 cm³/mol. The Morgan fingerprint density at radius 3 is 2.47 bits per heavy atom. The highest BCUT2D eigenvalue weighted by Crippen LogP contribution is 2.27. The van der Waals surface area contributed by atoms with Gasteiger partial charge in [-0.2, -0.15) is 5.10 Å². The second-order valence-electron chi connectivity index (χ2n) is 8.36. The number of benzene rings is 2. The van der Waals surface area contributed by atoms with Crippen molar-refractivity contribution in [1.82, 2.24) is 15.1 Å². The van der Waals surface area contributed by atoms with Crippen LogP contribution in [0.2, 0.25) is 0 Å². The van der Waals surface area contributed by atoms with Gasteiger partial charge in [0.25, 0.3) is 5.91 Å². The Bertz CT molecular complexity index is 1140. The highest BCUT2D eigenvalue weighted by atomic mass is 16.5. The highest BCUT2D eigenvalue weighted by Gasteiger charge is 2.33. The minimum atomic E-state index is -0.294. The summed E-state index contributed by atoms with van der Waals surface area (Å²) < 4.78 is 12.0. The number of aromatic nitrogens is 2. The van der Waals surface area contributed by atoms with Gasteiger partial charge in [0, 0.05) is 23.2 Å². The number of ether oxygens (including phenoxy) is 2. The lowest BCUT2D eigenvalue weighted by atomic mass is 9.84. The Morgan fingerprint density at radius 1 is 1.09 bits per heavy atom. The van der Waals surface area contributed by atoms with Crippen molar-refractivity contribution in [2.24, 2.45) is 5.92 Å². The van der Waals surface area contributed by atoms with E-state index in [4.69, 9.17) is 15.2 Å². The first-order valence-corrected chi connectivity index (χ1v) is 11.6. The molecule has 4 rings (SSSR count). The number of esters is 1. The first-order chi connectivity index (χ1) is 16.5. The average molecular weight is 463 g/mol. The molecular weight excluding hydrogens is 432 g/mol. The minimum absolute atomic E-state index is 0.208. The number of anilines is 1. The number of nitrogen functional groups attached to an aromatic ring is 1. The van der Waals surface area contributed by atoms with Crippen LogP contribution >= 0.6 is 0 Å². The van der Waals surface area contributed by atoms with Gasteiger partial charge in [0.15, 0.2) is 0 Å². The lowest BCUT2D eigenvalue weighted by Crippen LogP contribution is -2.45. The summed E-state index contributed by atoms with van der Waals surface area (Å²) in [5.74, 6) is 0.524. The van der Waals surface area contributed by atoms with Crippen LogP contribution in [0.3, 0.4) is 0 Å². The Morgan fingerprint density at radius 2 is 1.79 bits per heavy atom. The van der Waals surface area contributed by atoms with E-state index in [1.165, 1.54) is 0 Å². The Labute approximate surface area is 199 Å². The molecule has 1 fully saturated rings. The van der Waals surface area contributed by atoms with Crippen LogP contribution in [0.5, 0.6) is 5.75 Å². The highest BCUT2D eigenvalue weighted by molar-refractivity contribution is 5.95. The molecule has 3 N–H and O–H groups in total. The number of nitrogens with two attached hydrogens (primary N) is 1. The zero-order chi connectivity index (χ0) is 24.1. The molecule has 2 aromatic carbocycles. The minimum Gasteiger partial charge on any atom is -0.497 e. The van der Waals surface area contributed by atoms with Gasteiger partial charge in [0.2, 0.25) is 0 Å². The van der Waals surface area contributed by atoms with Gasteiger partial charge >= 0.3 is 5.97 Å². The third-order valence-corrected chi connectivity index (χ3v) is 6.17. The lowest BCUT2D eigenvalue weighted by molar-refractivity contribution is -0.150. The fourth-order valence-electron chi connectivity index (χ4n) is 4.35. The fraction of sp³-hybridized carbons (Fsp3) is 0.346. The van der Waals surface area contributed by atoms with Crippen LogP contribution in [0, 0.1) is 5.92 Å². The normalized spacial score (nSPS) is 17.7. The van der Waals surface area contributed by atoms with Crippen LogP contribution in [0.25, 0.3) is 16.9 Å². The number of nitrogens with one attached hydrogen (secondary N) is 1. The van der Waals surface area contributed by atoms with E-state index >= 15 is 0 Å². The maximum absolute atomic E-state index is 12.9. The molecule has 0 spiro atoms. The lowest BCUT2D eigenvalue weighted by Gasteiger charge is -2.30. The summed E-state index contributed by atoms with van der Waals surface area (Å²) in [7, 11) is 1.62. The van der Waals surface area contributed by atoms with Crippen molar-refractivity contribution in [2.75, 3.05) is 19.5 Å². The molecule has 0 aliphatic heterocycles. The summed E-state index contributed by atoms with van der Waals surface area (Å²) in [6, 6.07) is 16.3. The quantitative estimate of drug-likeness (QED) is 0.514. The van der Waals surface area contributed by atoms with Crippen molar-refractivity contribution in [3.8, 4) is 22.7 Å². The van der Waals surface area contributed by atoms with Gasteiger partial charge in [0.05, 0.1) is 31.0 Å². The van der Waals surface area contributed by atoms with Crippen molar-refractivity contribution in [2.45, 2.75) is 38.6 Å². The fourth-order valence-corrected chi connectivity index (χ4v) is 4.35. The predicted octanol–water partition coefficient (Wildman–Crippen LogP) is 3.98. The van der Waals surface area contributed by atoms with Gasteiger partial charge in [-0.25, -0.2) is 4.68 Å². The molecular formula is C26H30N4O4. The second kappa shape index (κ2) is 10.4. The number of amides is 1. The molecule has 178 valence electrons. The smallest absolute Gasteiger partial charge is 0.311 e. The number of methoxy groups -OCH3 is 1.